The molecular formula is C10H14N4O5. The molecule has 9 heteroatoms. The highest BCUT2D eigenvalue weighted by Gasteiger charge is 2.06. The fourth-order valence-corrected chi connectivity index (χ4v) is 1.09. The van der Waals surface area contributed by atoms with E-state index in [-0.39, 0.29) is 11.9 Å². The minimum Gasteiger partial charge on any atom is -0.462 e. The van der Waals surface area contributed by atoms with Crippen LogP contribution in [0.1, 0.15) is 17.3 Å². The van der Waals surface area contributed by atoms with Gasteiger partial charge in [-0.25, -0.2) is 4.79 Å². The molecule has 0 spiro atoms. The lowest BCUT2D eigenvalue weighted by atomic mass is 10.2. The summed E-state index contributed by atoms with van der Waals surface area (Å²) in [5.41, 5.74) is 6.19. The lowest BCUT2D eigenvalue weighted by Gasteiger charge is -2.05. The van der Waals surface area contributed by atoms with Gasteiger partial charge in [-0.05, 0) is 25.1 Å². The van der Waals surface area contributed by atoms with E-state index in [9.17, 15) is 4.79 Å². The lowest BCUT2D eigenvalue weighted by molar-refractivity contribution is -0.742. The first-order valence-corrected chi connectivity index (χ1v) is 5.08. The number of carbonyl (C=O) groups excluding carboxylic acids is 1. The fourth-order valence-electron chi connectivity index (χ4n) is 1.09. The molecule has 0 aromatic heterocycles. The van der Waals surface area contributed by atoms with Crippen molar-refractivity contribution in [3.63, 3.8) is 0 Å². The van der Waals surface area contributed by atoms with E-state index in [2.05, 4.69) is 5.32 Å². The van der Waals surface area contributed by atoms with Crippen molar-refractivity contribution in [2.75, 3.05) is 11.9 Å². The summed E-state index contributed by atoms with van der Waals surface area (Å²) in [5.74, 6) is -0.555. The molecule has 1 rings (SSSR count). The van der Waals surface area contributed by atoms with Crippen LogP contribution in [0.2, 0.25) is 0 Å². The number of carbonyl (C=O) groups is 1. The van der Waals surface area contributed by atoms with Crippen LogP contribution < -0.4 is 11.1 Å². The summed E-state index contributed by atoms with van der Waals surface area (Å²) in [7, 11) is 0. The number of guanidine groups is 1. The summed E-state index contributed by atoms with van der Waals surface area (Å²) < 4.78 is 4.84. The predicted molar refractivity (Wildman–Crippen MR) is 66.7 cm³/mol. The summed E-state index contributed by atoms with van der Waals surface area (Å²) in [4.78, 5) is 19.7. The van der Waals surface area contributed by atoms with Crippen LogP contribution in [0.15, 0.2) is 24.3 Å². The molecule has 0 unspecified atom stereocenters. The van der Waals surface area contributed by atoms with E-state index in [1.54, 1.807) is 31.2 Å². The van der Waals surface area contributed by atoms with E-state index in [1.807, 2.05) is 0 Å². The third kappa shape index (κ3) is 7.96. The Morgan fingerprint density at radius 2 is 2.21 bits per heavy atom. The highest BCUT2D eigenvalue weighted by Crippen LogP contribution is 2.11. The SMILES string of the molecule is CCOC(=O)c1cccc(NC(=N)N)c1.O=[N+]([O-])O. The van der Waals surface area contributed by atoms with Crippen molar-refractivity contribution in [1.29, 1.82) is 5.41 Å². The molecule has 0 radical (unpaired) electrons. The maximum atomic E-state index is 11.3. The Labute approximate surface area is 108 Å². The van der Waals surface area contributed by atoms with Gasteiger partial charge in [-0.1, -0.05) is 6.07 Å². The zero-order chi connectivity index (χ0) is 14.8. The Hall–Kier alpha value is -2.84. The van der Waals surface area contributed by atoms with Gasteiger partial charge in [0.15, 0.2) is 5.96 Å². The number of nitrogens with two attached hydrogens (primary N) is 1. The number of esters is 1. The second kappa shape index (κ2) is 8.28. The Morgan fingerprint density at radius 1 is 1.63 bits per heavy atom. The van der Waals surface area contributed by atoms with E-state index in [1.165, 1.54) is 0 Å². The summed E-state index contributed by atoms with van der Waals surface area (Å²) in [6.45, 7) is 2.08. The third-order valence-electron chi connectivity index (χ3n) is 1.65. The molecule has 0 amide bonds. The van der Waals surface area contributed by atoms with Gasteiger partial charge in [-0.15, -0.1) is 10.1 Å². The van der Waals surface area contributed by atoms with Gasteiger partial charge in [-0.2, -0.15) is 0 Å². The molecule has 0 aliphatic carbocycles. The van der Waals surface area contributed by atoms with Crippen molar-refractivity contribution in [3.05, 3.63) is 39.9 Å². The predicted octanol–water partition coefficient (Wildman–Crippen LogP) is 0.821. The largest absolute Gasteiger partial charge is 0.462 e. The van der Waals surface area contributed by atoms with Gasteiger partial charge in [0, 0.05) is 5.69 Å². The minimum atomic E-state index is -1.50. The Morgan fingerprint density at radius 3 is 2.68 bits per heavy atom. The Bertz CT molecular complexity index is 459. The van der Waals surface area contributed by atoms with Gasteiger partial charge < -0.3 is 21.0 Å². The molecule has 0 aliphatic heterocycles. The number of benzene rings is 1. The summed E-state index contributed by atoms with van der Waals surface area (Å²) in [6.07, 6.45) is 0. The van der Waals surface area contributed by atoms with Crippen molar-refractivity contribution in [1.82, 2.24) is 0 Å². The van der Waals surface area contributed by atoms with Crippen LogP contribution in [0.5, 0.6) is 0 Å². The van der Waals surface area contributed by atoms with Gasteiger partial charge in [0.1, 0.15) is 0 Å². The monoisotopic (exact) mass is 270 g/mol. The Balaban J connectivity index is 0.000000711. The van der Waals surface area contributed by atoms with E-state index < -0.39 is 5.09 Å². The zero-order valence-electron chi connectivity index (χ0n) is 10.1. The summed E-state index contributed by atoms with van der Waals surface area (Å²) in [6, 6.07) is 6.63. The van der Waals surface area contributed by atoms with Gasteiger partial charge >= 0.3 is 5.97 Å². The standard InChI is InChI=1S/C10H13N3O2.HNO3/c1-2-15-9(14)7-4-3-5-8(6-7)13-10(11)12;2-1(3)4/h3-6H,2H2,1H3,(H4,11,12,13);(H,2,3,4). The minimum absolute atomic E-state index is 0.170. The van der Waals surface area contributed by atoms with E-state index in [4.69, 9.17) is 31.2 Å². The average Bonchev–Trinajstić information content (AvgIpc) is 2.28. The molecule has 0 saturated carbocycles. The number of rotatable bonds is 3. The lowest BCUT2D eigenvalue weighted by Crippen LogP contribution is -2.20. The number of nitrogens with zero attached hydrogens (tertiary/aromatic N) is 1. The van der Waals surface area contributed by atoms with Crippen molar-refractivity contribution < 1.29 is 19.8 Å². The fraction of sp³-hybridized carbons (Fsp3) is 0.200. The number of hydrogen-bond donors (Lipinski definition) is 4. The summed E-state index contributed by atoms with van der Waals surface area (Å²) in [5, 5.41) is 23.3. The van der Waals surface area contributed by atoms with Crippen LogP contribution in [0, 0.1) is 15.5 Å². The molecule has 9 nitrogen and oxygen atoms in total. The van der Waals surface area contributed by atoms with Crippen molar-refractivity contribution >= 4 is 17.6 Å². The number of anilines is 1. The summed E-state index contributed by atoms with van der Waals surface area (Å²) >= 11 is 0. The molecule has 0 atom stereocenters. The molecule has 1 aromatic carbocycles. The maximum absolute atomic E-state index is 11.3. The van der Waals surface area contributed by atoms with E-state index in [0.717, 1.165) is 0 Å². The molecular weight excluding hydrogens is 256 g/mol. The molecule has 104 valence electrons. The van der Waals surface area contributed by atoms with Gasteiger partial charge in [0.05, 0.1) is 12.2 Å². The zero-order valence-corrected chi connectivity index (χ0v) is 10.1. The normalized spacial score (nSPS) is 8.68. The van der Waals surface area contributed by atoms with E-state index >= 15 is 0 Å². The quantitative estimate of drug-likeness (QED) is 0.208. The number of hydrogen-bond acceptors (Lipinski definition) is 5. The van der Waals surface area contributed by atoms with Gasteiger partial charge in [-0.3, -0.25) is 5.41 Å². The van der Waals surface area contributed by atoms with Gasteiger partial charge in [0.2, 0.25) is 0 Å². The van der Waals surface area contributed by atoms with Crippen molar-refractivity contribution in [3.8, 4) is 0 Å². The van der Waals surface area contributed by atoms with Crippen LogP contribution in [0.25, 0.3) is 0 Å². The molecule has 0 saturated heterocycles. The van der Waals surface area contributed by atoms with Crippen LogP contribution >= 0.6 is 0 Å². The molecule has 0 bridgehead atoms. The highest BCUT2D eigenvalue weighted by molar-refractivity contribution is 5.94. The van der Waals surface area contributed by atoms with Crippen molar-refractivity contribution in [2.45, 2.75) is 6.92 Å². The average molecular weight is 270 g/mol. The number of ether oxygens (including phenoxy) is 1. The van der Waals surface area contributed by atoms with Crippen molar-refractivity contribution in [2.24, 2.45) is 5.73 Å². The van der Waals surface area contributed by atoms with Crippen LogP contribution in [-0.2, 0) is 4.74 Å². The third-order valence-corrected chi connectivity index (χ3v) is 1.65. The highest BCUT2D eigenvalue weighted by atomic mass is 16.9. The van der Waals surface area contributed by atoms with Crippen LogP contribution in [0.4, 0.5) is 5.69 Å². The van der Waals surface area contributed by atoms with E-state index in [0.29, 0.717) is 17.9 Å². The number of nitrogens with one attached hydrogen (secondary N) is 2. The second-order valence-electron chi connectivity index (χ2n) is 3.08. The molecule has 0 heterocycles. The molecule has 0 aliphatic rings. The molecule has 5 N–H and O–H groups in total. The first-order chi connectivity index (χ1) is 8.86. The van der Waals surface area contributed by atoms with Gasteiger partial charge in [0.25, 0.3) is 5.09 Å². The first-order valence-electron chi connectivity index (χ1n) is 5.08. The topological polar surface area (TPSA) is 152 Å². The molecule has 1 aromatic rings. The molecule has 0 fully saturated rings. The smallest absolute Gasteiger partial charge is 0.338 e. The first kappa shape index (κ1) is 16.2. The van der Waals surface area contributed by atoms with Crippen LogP contribution in [-0.4, -0.2) is 28.8 Å². The Kier molecular flexibility index (Phi) is 7.04. The molecule has 19 heavy (non-hydrogen) atoms. The maximum Gasteiger partial charge on any atom is 0.338 e. The second-order valence-corrected chi connectivity index (χ2v) is 3.08. The van der Waals surface area contributed by atoms with Crippen LogP contribution in [0.3, 0.4) is 0 Å².